The molecular weight excluding hydrogens is 358 g/mol. The van der Waals surface area contributed by atoms with Crippen molar-refractivity contribution in [2.24, 2.45) is 11.7 Å². The average Bonchev–Trinajstić information content (AvgIpc) is 3.16. The van der Waals surface area contributed by atoms with E-state index < -0.39 is 5.91 Å². The molecule has 2 amide bonds. The van der Waals surface area contributed by atoms with Gasteiger partial charge in [0.15, 0.2) is 5.58 Å². The minimum absolute atomic E-state index is 0.0626. The number of piperidine rings is 2. The Balaban J connectivity index is 1.31. The third-order valence-electron chi connectivity index (χ3n) is 5.79. The Kier molecular flexibility index (Phi) is 5.47. The Labute approximate surface area is 164 Å². The molecule has 0 bridgehead atoms. The Bertz CT molecular complexity index is 810. The number of amides is 2. The van der Waals surface area contributed by atoms with Gasteiger partial charge >= 0.3 is 0 Å². The number of primary amides is 1. The molecule has 150 valence electrons. The fraction of sp³-hybridized carbons (Fsp3) is 0.550. The average molecular weight is 385 g/mol. The highest BCUT2D eigenvalue weighted by Crippen LogP contribution is 2.28. The Morgan fingerprint density at radius 1 is 1.18 bits per heavy atom. The van der Waals surface area contributed by atoms with Crippen molar-refractivity contribution in [3.63, 3.8) is 0 Å². The van der Waals surface area contributed by atoms with Crippen LogP contribution in [0.2, 0.25) is 0 Å². The maximum absolute atomic E-state index is 12.3. The van der Waals surface area contributed by atoms with Crippen LogP contribution in [-0.4, -0.2) is 60.5 Å². The molecule has 2 aliphatic rings. The Morgan fingerprint density at radius 3 is 2.71 bits per heavy atom. The number of rotatable bonds is 5. The van der Waals surface area contributed by atoms with Gasteiger partial charge in [-0.15, -0.1) is 0 Å². The number of para-hydroxylation sites is 2. The van der Waals surface area contributed by atoms with Gasteiger partial charge in [-0.25, -0.2) is 0 Å². The highest BCUT2D eigenvalue weighted by atomic mass is 16.4. The van der Waals surface area contributed by atoms with E-state index in [0.29, 0.717) is 12.1 Å². The minimum Gasteiger partial charge on any atom is -0.423 e. The molecule has 4 rings (SSSR count). The van der Waals surface area contributed by atoms with Crippen molar-refractivity contribution in [2.45, 2.75) is 31.7 Å². The summed E-state index contributed by atoms with van der Waals surface area (Å²) in [5.74, 6) is -0.636. The quantitative estimate of drug-likeness (QED) is 0.799. The fourth-order valence-corrected chi connectivity index (χ4v) is 4.29. The molecule has 1 atom stereocenters. The van der Waals surface area contributed by atoms with Gasteiger partial charge in [0, 0.05) is 25.7 Å². The van der Waals surface area contributed by atoms with Crippen LogP contribution >= 0.6 is 0 Å². The van der Waals surface area contributed by atoms with E-state index in [1.165, 1.54) is 0 Å². The molecule has 1 aromatic carbocycles. The number of benzene rings is 1. The molecule has 28 heavy (non-hydrogen) atoms. The second kappa shape index (κ2) is 8.18. The van der Waals surface area contributed by atoms with Crippen LogP contribution in [0.5, 0.6) is 0 Å². The van der Waals surface area contributed by atoms with Crippen LogP contribution in [0.4, 0.5) is 6.01 Å². The van der Waals surface area contributed by atoms with Gasteiger partial charge in [0.25, 0.3) is 6.01 Å². The first-order valence-electron chi connectivity index (χ1n) is 10.0. The summed E-state index contributed by atoms with van der Waals surface area (Å²) >= 11 is 0. The van der Waals surface area contributed by atoms with E-state index in [9.17, 15) is 9.59 Å². The molecule has 0 aliphatic carbocycles. The van der Waals surface area contributed by atoms with E-state index in [-0.39, 0.29) is 18.4 Å². The molecule has 3 N–H and O–H groups in total. The number of nitrogens with zero attached hydrogens (tertiary/aromatic N) is 3. The molecule has 2 fully saturated rings. The first kappa shape index (κ1) is 18.7. The number of fused-ring (bicyclic) bond motifs is 1. The molecule has 0 spiro atoms. The van der Waals surface area contributed by atoms with Crippen molar-refractivity contribution >= 4 is 28.9 Å². The van der Waals surface area contributed by atoms with E-state index in [1.54, 1.807) is 0 Å². The van der Waals surface area contributed by atoms with Gasteiger partial charge in [-0.3, -0.25) is 14.5 Å². The van der Waals surface area contributed by atoms with E-state index in [2.05, 4.69) is 20.1 Å². The lowest BCUT2D eigenvalue weighted by Gasteiger charge is -2.41. The Hall–Kier alpha value is -2.61. The van der Waals surface area contributed by atoms with Crippen LogP contribution in [0.1, 0.15) is 25.7 Å². The lowest BCUT2D eigenvalue weighted by atomic mass is 9.93. The number of likely N-dealkylation sites (tertiary alicyclic amines) is 1. The first-order chi connectivity index (χ1) is 13.6. The second-order valence-corrected chi connectivity index (χ2v) is 7.70. The van der Waals surface area contributed by atoms with Gasteiger partial charge < -0.3 is 20.4 Å². The van der Waals surface area contributed by atoms with E-state index >= 15 is 0 Å². The first-order valence-corrected chi connectivity index (χ1v) is 10.0. The van der Waals surface area contributed by atoms with E-state index in [4.69, 9.17) is 10.2 Å². The number of nitrogens with one attached hydrogen (secondary N) is 1. The van der Waals surface area contributed by atoms with Gasteiger partial charge in [-0.1, -0.05) is 12.1 Å². The summed E-state index contributed by atoms with van der Waals surface area (Å²) in [6, 6.07) is 8.99. The van der Waals surface area contributed by atoms with Gasteiger partial charge in [0.05, 0.1) is 12.5 Å². The van der Waals surface area contributed by atoms with Crippen molar-refractivity contribution < 1.29 is 14.0 Å². The van der Waals surface area contributed by atoms with Crippen LogP contribution in [-0.2, 0) is 9.59 Å². The van der Waals surface area contributed by atoms with Crippen LogP contribution < -0.4 is 16.0 Å². The van der Waals surface area contributed by atoms with Gasteiger partial charge in [-0.05, 0) is 44.4 Å². The van der Waals surface area contributed by atoms with Crippen molar-refractivity contribution in [3.8, 4) is 0 Å². The summed E-state index contributed by atoms with van der Waals surface area (Å²) in [7, 11) is 0. The molecule has 1 aromatic heterocycles. The van der Waals surface area contributed by atoms with Gasteiger partial charge in [-0.2, -0.15) is 4.98 Å². The molecule has 2 aromatic rings. The van der Waals surface area contributed by atoms with Crippen molar-refractivity contribution in [1.82, 2.24) is 15.2 Å². The summed E-state index contributed by atoms with van der Waals surface area (Å²) in [6.07, 6.45) is 3.91. The number of aromatic nitrogens is 1. The zero-order chi connectivity index (χ0) is 19.5. The second-order valence-electron chi connectivity index (χ2n) is 7.70. The highest BCUT2D eigenvalue weighted by Gasteiger charge is 2.32. The zero-order valence-electron chi connectivity index (χ0n) is 16.0. The topological polar surface area (TPSA) is 105 Å². The van der Waals surface area contributed by atoms with Crippen molar-refractivity contribution in [2.75, 3.05) is 37.6 Å². The number of hydrogen-bond donors (Lipinski definition) is 2. The zero-order valence-corrected chi connectivity index (χ0v) is 16.0. The predicted octanol–water partition coefficient (Wildman–Crippen LogP) is 1.11. The molecule has 0 radical (unpaired) electrons. The van der Waals surface area contributed by atoms with Crippen LogP contribution in [0.25, 0.3) is 11.1 Å². The molecular formula is C20H27N5O3. The summed E-state index contributed by atoms with van der Waals surface area (Å²) < 4.78 is 5.89. The van der Waals surface area contributed by atoms with Gasteiger partial charge in [0.1, 0.15) is 5.52 Å². The van der Waals surface area contributed by atoms with Crippen molar-refractivity contribution in [3.05, 3.63) is 24.3 Å². The molecule has 0 saturated carbocycles. The van der Waals surface area contributed by atoms with Gasteiger partial charge in [0.2, 0.25) is 11.8 Å². The van der Waals surface area contributed by atoms with E-state index in [0.717, 1.165) is 63.0 Å². The molecule has 2 saturated heterocycles. The summed E-state index contributed by atoms with van der Waals surface area (Å²) in [6.45, 7) is 3.47. The third-order valence-corrected chi connectivity index (χ3v) is 5.79. The number of anilines is 1. The monoisotopic (exact) mass is 385 g/mol. The number of carbonyl (C=O) groups is 2. The normalized spacial score (nSPS) is 21.7. The maximum Gasteiger partial charge on any atom is 0.298 e. The smallest absolute Gasteiger partial charge is 0.298 e. The standard InChI is InChI=1S/C20H27N5O3/c21-18(26)12-22-19(27)14-4-3-9-25(13-14)15-7-10-24(11-8-15)20-23-16-5-1-2-6-17(16)28-20/h1-2,5-6,14-15H,3-4,7-13H2,(H2,21,26)(H,22,27)/t14-/m1/s1. The van der Waals surface area contributed by atoms with Crippen LogP contribution in [0.3, 0.4) is 0 Å². The lowest BCUT2D eigenvalue weighted by molar-refractivity contribution is -0.129. The molecule has 8 heteroatoms. The minimum atomic E-state index is -0.507. The Morgan fingerprint density at radius 2 is 1.96 bits per heavy atom. The summed E-state index contributed by atoms with van der Waals surface area (Å²) in [4.78, 5) is 32.4. The van der Waals surface area contributed by atoms with E-state index in [1.807, 2.05) is 24.3 Å². The van der Waals surface area contributed by atoms with Crippen LogP contribution in [0.15, 0.2) is 28.7 Å². The molecule has 2 aliphatic heterocycles. The maximum atomic E-state index is 12.3. The van der Waals surface area contributed by atoms with Crippen molar-refractivity contribution in [1.29, 1.82) is 0 Å². The number of oxazole rings is 1. The molecule has 8 nitrogen and oxygen atoms in total. The predicted molar refractivity (Wildman–Crippen MR) is 106 cm³/mol. The largest absolute Gasteiger partial charge is 0.423 e. The van der Waals surface area contributed by atoms with Crippen LogP contribution in [0, 0.1) is 5.92 Å². The molecule has 3 heterocycles. The number of nitrogens with two attached hydrogens (primary N) is 1. The lowest BCUT2D eigenvalue weighted by Crippen LogP contribution is -2.51. The fourth-order valence-electron chi connectivity index (χ4n) is 4.29. The summed E-state index contributed by atoms with van der Waals surface area (Å²) in [5.41, 5.74) is 6.83. The molecule has 0 unspecified atom stereocenters. The number of carbonyl (C=O) groups excluding carboxylic acids is 2. The third kappa shape index (κ3) is 4.11. The number of hydrogen-bond acceptors (Lipinski definition) is 6. The SMILES string of the molecule is NC(=O)CNC(=O)[C@@H]1CCCN(C2CCN(c3nc4ccccc4o3)CC2)C1. The highest BCUT2D eigenvalue weighted by molar-refractivity contribution is 5.85. The summed E-state index contributed by atoms with van der Waals surface area (Å²) in [5, 5.41) is 2.65.